The number of rotatable bonds is 4. The molecule has 1 aromatic carbocycles. The number of benzene rings is 1. The Kier molecular flexibility index (Phi) is 5.76. The minimum Gasteiger partial charge on any atom is -0.486 e. The van der Waals surface area contributed by atoms with Crippen LogP contribution in [-0.4, -0.2) is 25.7 Å². The van der Waals surface area contributed by atoms with Gasteiger partial charge in [0.15, 0.2) is 11.5 Å². The van der Waals surface area contributed by atoms with Gasteiger partial charge in [0.2, 0.25) is 5.91 Å². The van der Waals surface area contributed by atoms with Gasteiger partial charge in [-0.25, -0.2) is 0 Å². The van der Waals surface area contributed by atoms with Crippen LogP contribution in [0.3, 0.4) is 0 Å². The van der Waals surface area contributed by atoms with E-state index in [1.165, 1.54) is 0 Å². The van der Waals surface area contributed by atoms with E-state index in [-0.39, 0.29) is 29.8 Å². The van der Waals surface area contributed by atoms with Crippen molar-refractivity contribution < 1.29 is 14.3 Å². The molecule has 1 amide bonds. The number of fused-ring (bicyclic) bond motifs is 1. The zero-order valence-electron chi connectivity index (χ0n) is 13.5. The van der Waals surface area contributed by atoms with Gasteiger partial charge in [0, 0.05) is 6.54 Å². The highest BCUT2D eigenvalue weighted by atomic mass is 35.5. The summed E-state index contributed by atoms with van der Waals surface area (Å²) in [7, 11) is 0. The number of nitrogens with two attached hydrogens (primary N) is 1. The van der Waals surface area contributed by atoms with Crippen molar-refractivity contribution in [3.8, 4) is 11.5 Å². The SMILES string of the molecule is CC(NC(=O)C1(CN)CCCC1)c1ccc2c(c1)OCCO2.Cl. The lowest BCUT2D eigenvalue weighted by Crippen LogP contribution is -2.44. The van der Waals surface area contributed by atoms with Gasteiger partial charge in [0.1, 0.15) is 13.2 Å². The van der Waals surface area contributed by atoms with Crippen molar-refractivity contribution in [1.29, 1.82) is 0 Å². The molecule has 1 unspecified atom stereocenters. The van der Waals surface area contributed by atoms with E-state index in [1.54, 1.807) is 0 Å². The molecule has 1 heterocycles. The summed E-state index contributed by atoms with van der Waals surface area (Å²) in [6, 6.07) is 5.75. The van der Waals surface area contributed by atoms with Gasteiger partial charge in [-0.2, -0.15) is 0 Å². The molecule has 0 radical (unpaired) electrons. The predicted octanol–water partition coefficient (Wildman–Crippen LogP) is 2.58. The van der Waals surface area contributed by atoms with Gasteiger partial charge in [-0.1, -0.05) is 18.9 Å². The van der Waals surface area contributed by atoms with E-state index < -0.39 is 0 Å². The Labute approximate surface area is 143 Å². The van der Waals surface area contributed by atoms with E-state index in [2.05, 4.69) is 5.32 Å². The Hall–Kier alpha value is -1.46. The molecule has 1 aliphatic carbocycles. The predicted molar refractivity (Wildman–Crippen MR) is 91.2 cm³/mol. The maximum atomic E-state index is 12.6. The summed E-state index contributed by atoms with van der Waals surface area (Å²) in [6.45, 7) is 3.56. The van der Waals surface area contributed by atoms with Crippen LogP contribution in [0.5, 0.6) is 11.5 Å². The molecule has 3 N–H and O–H groups in total. The third-order valence-corrected chi connectivity index (χ3v) is 4.85. The Morgan fingerprint density at radius 2 is 1.91 bits per heavy atom. The largest absolute Gasteiger partial charge is 0.486 e. The van der Waals surface area contributed by atoms with Gasteiger partial charge in [0.25, 0.3) is 0 Å². The lowest BCUT2D eigenvalue weighted by atomic mass is 9.85. The first-order chi connectivity index (χ1) is 10.6. The standard InChI is InChI=1S/C17H24N2O3.ClH/c1-12(19-16(20)17(11-18)6-2-3-7-17)13-4-5-14-15(10-13)22-9-8-21-14;/h4-5,10,12H,2-3,6-9,11,18H2,1H3,(H,19,20);1H. The molecule has 1 aromatic rings. The maximum Gasteiger partial charge on any atom is 0.227 e. The van der Waals surface area contributed by atoms with E-state index in [0.29, 0.717) is 19.8 Å². The summed E-state index contributed by atoms with van der Waals surface area (Å²) >= 11 is 0. The third kappa shape index (κ3) is 3.56. The fourth-order valence-corrected chi connectivity index (χ4v) is 3.34. The second-order valence-electron chi connectivity index (χ2n) is 6.29. The normalized spacial score (nSPS) is 19.6. The molecule has 1 atom stereocenters. The average molecular weight is 341 g/mol. The number of hydrogen-bond acceptors (Lipinski definition) is 4. The van der Waals surface area contributed by atoms with Crippen molar-refractivity contribution in [2.24, 2.45) is 11.1 Å². The summed E-state index contributed by atoms with van der Waals surface area (Å²) in [5.41, 5.74) is 6.52. The molecule has 23 heavy (non-hydrogen) atoms. The number of carbonyl (C=O) groups excluding carboxylic acids is 1. The minimum absolute atomic E-state index is 0. The molecular weight excluding hydrogens is 316 g/mol. The van der Waals surface area contributed by atoms with Crippen LogP contribution in [0.4, 0.5) is 0 Å². The second-order valence-corrected chi connectivity index (χ2v) is 6.29. The Morgan fingerprint density at radius 1 is 1.26 bits per heavy atom. The molecular formula is C17H25ClN2O3. The highest BCUT2D eigenvalue weighted by Gasteiger charge is 2.40. The first-order valence-electron chi connectivity index (χ1n) is 8.05. The first-order valence-corrected chi connectivity index (χ1v) is 8.05. The van der Waals surface area contributed by atoms with Crippen molar-refractivity contribution >= 4 is 18.3 Å². The van der Waals surface area contributed by atoms with E-state index >= 15 is 0 Å². The lowest BCUT2D eigenvalue weighted by molar-refractivity contribution is -0.131. The molecule has 1 fully saturated rings. The monoisotopic (exact) mass is 340 g/mol. The molecule has 1 saturated carbocycles. The highest BCUT2D eigenvalue weighted by Crippen LogP contribution is 2.38. The number of amides is 1. The number of carbonyl (C=O) groups is 1. The minimum atomic E-state index is -0.373. The Balaban J connectivity index is 0.00000192. The molecule has 1 aliphatic heterocycles. The zero-order chi connectivity index (χ0) is 15.6. The van der Waals surface area contributed by atoms with Crippen LogP contribution in [0.25, 0.3) is 0 Å². The van der Waals surface area contributed by atoms with Crippen LogP contribution < -0.4 is 20.5 Å². The zero-order valence-corrected chi connectivity index (χ0v) is 14.3. The van der Waals surface area contributed by atoms with E-state index in [0.717, 1.165) is 42.7 Å². The van der Waals surface area contributed by atoms with Gasteiger partial charge in [-0.05, 0) is 37.5 Å². The highest BCUT2D eigenvalue weighted by molar-refractivity contribution is 5.85. The van der Waals surface area contributed by atoms with E-state index in [1.807, 2.05) is 25.1 Å². The van der Waals surface area contributed by atoms with Crippen LogP contribution in [-0.2, 0) is 4.79 Å². The molecule has 3 rings (SSSR count). The molecule has 0 aromatic heterocycles. The topological polar surface area (TPSA) is 73.6 Å². The van der Waals surface area contributed by atoms with Gasteiger partial charge < -0.3 is 20.5 Å². The summed E-state index contributed by atoms with van der Waals surface area (Å²) in [6.07, 6.45) is 3.96. The smallest absolute Gasteiger partial charge is 0.227 e. The number of ether oxygens (including phenoxy) is 2. The van der Waals surface area contributed by atoms with Gasteiger partial charge >= 0.3 is 0 Å². The van der Waals surface area contributed by atoms with Crippen molar-refractivity contribution in [3.63, 3.8) is 0 Å². The molecule has 5 nitrogen and oxygen atoms in total. The van der Waals surface area contributed by atoms with Crippen LogP contribution in [0.1, 0.15) is 44.2 Å². The Bertz CT molecular complexity index is 559. The van der Waals surface area contributed by atoms with Crippen LogP contribution >= 0.6 is 12.4 Å². The van der Waals surface area contributed by atoms with E-state index in [9.17, 15) is 4.79 Å². The van der Waals surface area contributed by atoms with Gasteiger partial charge in [-0.15, -0.1) is 12.4 Å². The van der Waals surface area contributed by atoms with Crippen molar-refractivity contribution in [1.82, 2.24) is 5.32 Å². The van der Waals surface area contributed by atoms with Gasteiger partial charge in [0.05, 0.1) is 11.5 Å². The second kappa shape index (κ2) is 7.41. The summed E-state index contributed by atoms with van der Waals surface area (Å²) in [5.74, 6) is 1.59. The summed E-state index contributed by atoms with van der Waals surface area (Å²) in [4.78, 5) is 12.6. The summed E-state index contributed by atoms with van der Waals surface area (Å²) < 4.78 is 11.1. The molecule has 128 valence electrons. The quantitative estimate of drug-likeness (QED) is 0.883. The number of nitrogens with one attached hydrogen (secondary N) is 1. The average Bonchev–Trinajstić information content (AvgIpc) is 3.04. The van der Waals surface area contributed by atoms with E-state index in [4.69, 9.17) is 15.2 Å². The first kappa shape index (κ1) is 17.9. The van der Waals surface area contributed by atoms with Crippen LogP contribution in [0, 0.1) is 5.41 Å². The summed E-state index contributed by atoms with van der Waals surface area (Å²) in [5, 5.41) is 3.12. The van der Waals surface area contributed by atoms with Crippen molar-refractivity contribution in [3.05, 3.63) is 23.8 Å². The number of halogens is 1. The fraction of sp³-hybridized carbons (Fsp3) is 0.588. The molecule has 0 saturated heterocycles. The fourth-order valence-electron chi connectivity index (χ4n) is 3.34. The van der Waals surface area contributed by atoms with Crippen LogP contribution in [0.15, 0.2) is 18.2 Å². The number of hydrogen-bond donors (Lipinski definition) is 2. The molecule has 0 spiro atoms. The van der Waals surface area contributed by atoms with Crippen molar-refractivity contribution in [2.75, 3.05) is 19.8 Å². The van der Waals surface area contributed by atoms with Crippen LogP contribution in [0.2, 0.25) is 0 Å². The molecule has 6 heteroatoms. The van der Waals surface area contributed by atoms with Gasteiger partial charge in [-0.3, -0.25) is 4.79 Å². The molecule has 2 aliphatic rings. The van der Waals surface area contributed by atoms with Crippen molar-refractivity contribution in [2.45, 2.75) is 38.6 Å². The molecule has 0 bridgehead atoms. The Morgan fingerprint density at radius 3 is 2.57 bits per heavy atom. The third-order valence-electron chi connectivity index (χ3n) is 4.85. The maximum absolute atomic E-state index is 12.6. The lowest BCUT2D eigenvalue weighted by Gasteiger charge is -2.28.